The van der Waals surface area contributed by atoms with Crippen LogP contribution in [0.5, 0.6) is 0 Å². The number of aryl methyl sites for hydroxylation is 1. The second-order valence-electron chi connectivity index (χ2n) is 9.89. The molecule has 4 aromatic rings. The predicted molar refractivity (Wildman–Crippen MR) is 163 cm³/mol. The van der Waals surface area contributed by atoms with E-state index >= 15 is 0 Å². The Morgan fingerprint density at radius 1 is 0.950 bits per heavy atom. The number of sulfonamides is 1. The molecule has 0 saturated heterocycles. The Balaban J connectivity index is 1.24. The summed E-state index contributed by atoms with van der Waals surface area (Å²) < 4.78 is 28.6. The maximum Gasteiger partial charge on any atom is 0.261 e. The summed E-state index contributed by atoms with van der Waals surface area (Å²) in [6.45, 7) is 3.34. The van der Waals surface area contributed by atoms with Gasteiger partial charge in [-0.25, -0.2) is 13.4 Å². The molecule has 4 rings (SSSR count). The molecule has 2 aromatic carbocycles. The van der Waals surface area contributed by atoms with Gasteiger partial charge in [-0.2, -0.15) is 0 Å². The number of pyridine rings is 1. The molecule has 0 amide bonds. The van der Waals surface area contributed by atoms with Gasteiger partial charge in [-0.1, -0.05) is 62.9 Å². The summed E-state index contributed by atoms with van der Waals surface area (Å²) in [6.07, 6.45) is 10.7. The lowest BCUT2D eigenvalue weighted by Gasteiger charge is -2.12. The van der Waals surface area contributed by atoms with E-state index in [0.29, 0.717) is 18.8 Å². The van der Waals surface area contributed by atoms with E-state index in [2.05, 4.69) is 27.3 Å². The van der Waals surface area contributed by atoms with Crippen LogP contribution in [0.25, 0.3) is 10.6 Å². The van der Waals surface area contributed by atoms with Crippen LogP contribution in [0.15, 0.2) is 83.3 Å². The van der Waals surface area contributed by atoms with E-state index in [1.54, 1.807) is 54.1 Å². The molecule has 7 nitrogen and oxygen atoms in total. The Morgan fingerprint density at radius 3 is 2.45 bits per heavy atom. The van der Waals surface area contributed by atoms with Crippen LogP contribution in [0.3, 0.4) is 0 Å². The van der Waals surface area contributed by atoms with Crippen LogP contribution in [0.4, 0.5) is 5.69 Å². The van der Waals surface area contributed by atoms with Crippen molar-refractivity contribution in [2.75, 3.05) is 17.8 Å². The summed E-state index contributed by atoms with van der Waals surface area (Å²) in [6, 6.07) is 17.9. The summed E-state index contributed by atoms with van der Waals surface area (Å²) in [5.74, 6) is 0. The topological polar surface area (TPSA) is 104 Å². The Bertz CT molecular complexity index is 1410. The molecule has 0 aliphatic rings. The molecule has 0 spiro atoms. The Morgan fingerprint density at radius 2 is 1.73 bits per heavy atom. The molecule has 0 bridgehead atoms. The lowest BCUT2D eigenvalue weighted by atomic mass is 10.1. The van der Waals surface area contributed by atoms with Crippen molar-refractivity contribution in [3.63, 3.8) is 0 Å². The van der Waals surface area contributed by atoms with Gasteiger partial charge in [0, 0.05) is 41.1 Å². The molecule has 0 fully saturated rings. The number of unbranched alkanes of at least 4 members (excludes halogenated alkanes) is 4. The Hall–Kier alpha value is -3.11. The van der Waals surface area contributed by atoms with E-state index in [-0.39, 0.29) is 4.90 Å². The van der Waals surface area contributed by atoms with Gasteiger partial charge in [0.2, 0.25) is 0 Å². The van der Waals surface area contributed by atoms with Gasteiger partial charge >= 0.3 is 0 Å². The zero-order valence-corrected chi connectivity index (χ0v) is 24.6. The van der Waals surface area contributed by atoms with Crippen LogP contribution in [0, 0.1) is 0 Å². The highest BCUT2D eigenvalue weighted by molar-refractivity contribution is 7.92. The van der Waals surface area contributed by atoms with Crippen molar-refractivity contribution in [3.8, 4) is 10.6 Å². The number of aromatic nitrogens is 2. The van der Waals surface area contributed by atoms with Crippen molar-refractivity contribution in [3.05, 3.63) is 95.3 Å². The largest absolute Gasteiger partial charge is 0.387 e. The van der Waals surface area contributed by atoms with Gasteiger partial charge in [-0.3, -0.25) is 9.71 Å². The van der Waals surface area contributed by atoms with Crippen molar-refractivity contribution < 1.29 is 13.5 Å². The van der Waals surface area contributed by atoms with E-state index in [0.717, 1.165) is 46.7 Å². The fourth-order valence-corrected chi connectivity index (χ4v) is 6.28. The molecule has 3 N–H and O–H groups in total. The Kier molecular flexibility index (Phi) is 11.2. The number of nitrogens with one attached hydrogen (secondary N) is 2. The fourth-order valence-electron chi connectivity index (χ4n) is 4.36. The average molecular weight is 579 g/mol. The summed E-state index contributed by atoms with van der Waals surface area (Å²) in [7, 11) is -3.71. The maximum absolute atomic E-state index is 13.0. The highest BCUT2D eigenvalue weighted by atomic mass is 32.2. The summed E-state index contributed by atoms with van der Waals surface area (Å²) in [5, 5.41) is 16.5. The lowest BCUT2D eigenvalue weighted by Crippen LogP contribution is -2.23. The first-order chi connectivity index (χ1) is 19.4. The normalized spacial score (nSPS) is 12.3. The smallest absolute Gasteiger partial charge is 0.261 e. The Labute approximate surface area is 241 Å². The fraction of sp³-hybridized carbons (Fsp3) is 0.355. The molecular weight excluding hydrogens is 541 g/mol. The molecule has 2 aromatic heterocycles. The van der Waals surface area contributed by atoms with Gasteiger partial charge in [0.1, 0.15) is 5.01 Å². The van der Waals surface area contributed by atoms with Crippen LogP contribution in [0.2, 0.25) is 0 Å². The van der Waals surface area contributed by atoms with Crippen LogP contribution in [-0.2, 0) is 22.9 Å². The molecule has 9 heteroatoms. The number of anilines is 1. The number of hydrogen-bond donors (Lipinski definition) is 3. The van der Waals surface area contributed by atoms with Gasteiger partial charge in [0.05, 0.1) is 16.7 Å². The number of benzene rings is 2. The number of rotatable bonds is 16. The number of thiazole rings is 1. The van der Waals surface area contributed by atoms with Crippen LogP contribution in [-0.4, -0.2) is 36.6 Å². The highest BCUT2D eigenvalue weighted by Gasteiger charge is 2.15. The van der Waals surface area contributed by atoms with E-state index in [1.165, 1.54) is 25.7 Å². The lowest BCUT2D eigenvalue weighted by molar-refractivity contribution is 0.174. The molecule has 1 unspecified atom stereocenters. The van der Waals surface area contributed by atoms with Crippen molar-refractivity contribution in [2.45, 2.75) is 62.9 Å². The number of nitrogens with zero attached hydrogens (tertiary/aromatic N) is 2. The summed E-state index contributed by atoms with van der Waals surface area (Å²) >= 11 is 1.60. The van der Waals surface area contributed by atoms with Crippen molar-refractivity contribution in [1.82, 2.24) is 15.3 Å². The molecule has 0 radical (unpaired) electrons. The third kappa shape index (κ3) is 8.96. The van der Waals surface area contributed by atoms with Gasteiger partial charge in [0.15, 0.2) is 0 Å². The third-order valence-electron chi connectivity index (χ3n) is 6.70. The summed E-state index contributed by atoms with van der Waals surface area (Å²) in [4.78, 5) is 8.99. The first-order valence-electron chi connectivity index (χ1n) is 13.9. The van der Waals surface area contributed by atoms with Crippen LogP contribution < -0.4 is 10.0 Å². The van der Waals surface area contributed by atoms with E-state index in [1.807, 2.05) is 30.3 Å². The molecule has 0 aliphatic carbocycles. The quantitative estimate of drug-likeness (QED) is 0.133. The SMILES string of the molecule is CCCCCCCc1csc(-c2ccc(S(=O)(=O)Nc3ccc(CCNCC(O)c4cccnc4)cc3)cc2)n1. The summed E-state index contributed by atoms with van der Waals surface area (Å²) in [5.41, 5.74) is 4.39. The second kappa shape index (κ2) is 15.0. The van der Waals surface area contributed by atoms with Crippen LogP contribution in [0.1, 0.15) is 62.0 Å². The second-order valence-corrected chi connectivity index (χ2v) is 12.4. The number of aliphatic hydroxyl groups is 1. The first-order valence-corrected chi connectivity index (χ1v) is 16.3. The minimum Gasteiger partial charge on any atom is -0.387 e. The predicted octanol–water partition coefficient (Wildman–Crippen LogP) is 6.38. The number of aliphatic hydroxyl groups excluding tert-OH is 1. The van der Waals surface area contributed by atoms with Crippen molar-refractivity contribution in [2.24, 2.45) is 0 Å². The van der Waals surface area contributed by atoms with Gasteiger partial charge in [-0.05, 0) is 61.7 Å². The van der Waals surface area contributed by atoms with E-state index in [9.17, 15) is 13.5 Å². The molecule has 0 saturated carbocycles. The third-order valence-corrected chi connectivity index (χ3v) is 9.04. The molecule has 2 heterocycles. The van der Waals surface area contributed by atoms with Crippen LogP contribution >= 0.6 is 11.3 Å². The van der Waals surface area contributed by atoms with Gasteiger partial charge in [0.25, 0.3) is 10.0 Å². The zero-order valence-electron chi connectivity index (χ0n) is 22.9. The maximum atomic E-state index is 13.0. The molecule has 212 valence electrons. The van der Waals surface area contributed by atoms with Gasteiger partial charge < -0.3 is 10.4 Å². The van der Waals surface area contributed by atoms with E-state index in [4.69, 9.17) is 4.98 Å². The van der Waals surface area contributed by atoms with Gasteiger partial charge in [-0.15, -0.1) is 11.3 Å². The van der Waals surface area contributed by atoms with Crippen molar-refractivity contribution in [1.29, 1.82) is 0 Å². The molecule has 0 aliphatic heterocycles. The molecule has 40 heavy (non-hydrogen) atoms. The minimum atomic E-state index is -3.71. The van der Waals surface area contributed by atoms with E-state index < -0.39 is 16.1 Å². The zero-order chi connectivity index (χ0) is 28.2. The minimum absolute atomic E-state index is 0.212. The first kappa shape index (κ1) is 29.9. The standard InChI is InChI=1S/C31H38N4O3S2/c1-2-3-4-5-6-9-28-23-39-31(34-28)25-12-16-29(17-13-25)40(37,38)35-27-14-10-24(11-15-27)18-20-33-22-30(36)26-8-7-19-32-21-26/h7-8,10-17,19,21,23,30,33,35-36H,2-6,9,18,20,22H2,1H3. The monoisotopic (exact) mass is 578 g/mol. The molecule has 1 atom stereocenters. The highest BCUT2D eigenvalue weighted by Crippen LogP contribution is 2.26. The molecular formula is C31H38N4O3S2. The average Bonchev–Trinajstić information content (AvgIpc) is 3.45. The van der Waals surface area contributed by atoms with Crippen molar-refractivity contribution >= 4 is 27.0 Å². The number of hydrogen-bond acceptors (Lipinski definition) is 7.